The van der Waals surface area contributed by atoms with E-state index in [-0.39, 0.29) is 5.92 Å². The van der Waals surface area contributed by atoms with Crippen molar-refractivity contribution < 1.29 is 9.90 Å². The molecule has 0 saturated carbocycles. The summed E-state index contributed by atoms with van der Waals surface area (Å²) in [4.78, 5) is 10.9. The van der Waals surface area contributed by atoms with Crippen LogP contribution < -0.4 is 0 Å². The Morgan fingerprint density at radius 3 is 1.89 bits per heavy atom. The molecule has 1 N–H and O–H groups in total. The Hall–Kier alpha value is -0.530. The molecule has 0 radical (unpaired) electrons. The van der Waals surface area contributed by atoms with Crippen molar-refractivity contribution in [2.24, 2.45) is 11.8 Å². The summed E-state index contributed by atoms with van der Waals surface area (Å²) in [7, 11) is 0. The summed E-state index contributed by atoms with van der Waals surface area (Å²) in [5.41, 5.74) is 0. The van der Waals surface area contributed by atoms with Crippen LogP contribution in [-0.2, 0) is 4.79 Å². The molecule has 2 heteroatoms. The Bertz CT molecular complexity index is 213. The molecule has 0 aromatic heterocycles. The first-order valence-corrected chi connectivity index (χ1v) is 8.34. The third-order valence-corrected chi connectivity index (χ3v) is 4.14. The monoisotopic (exact) mass is 270 g/mol. The van der Waals surface area contributed by atoms with E-state index in [1.54, 1.807) is 0 Å². The van der Waals surface area contributed by atoms with Crippen LogP contribution in [0.2, 0.25) is 0 Å². The van der Waals surface area contributed by atoms with Gasteiger partial charge in [-0.3, -0.25) is 4.79 Å². The lowest BCUT2D eigenvalue weighted by molar-refractivity contribution is -0.142. The van der Waals surface area contributed by atoms with Gasteiger partial charge in [0.2, 0.25) is 0 Å². The predicted molar refractivity (Wildman–Crippen MR) is 82.4 cm³/mol. The van der Waals surface area contributed by atoms with Gasteiger partial charge in [-0.25, -0.2) is 0 Å². The third kappa shape index (κ3) is 11.0. The fourth-order valence-electron chi connectivity index (χ4n) is 2.63. The van der Waals surface area contributed by atoms with Crippen LogP contribution in [0.25, 0.3) is 0 Å². The zero-order valence-corrected chi connectivity index (χ0v) is 13.3. The molecule has 0 aromatic rings. The second-order valence-corrected chi connectivity index (χ2v) is 6.04. The maximum atomic E-state index is 10.9. The molecule has 114 valence electrons. The average molecular weight is 270 g/mol. The maximum absolute atomic E-state index is 10.9. The van der Waals surface area contributed by atoms with Gasteiger partial charge in [-0.1, -0.05) is 78.6 Å². The lowest BCUT2D eigenvalue weighted by Crippen LogP contribution is -2.12. The number of aliphatic carboxylic acids is 1. The minimum Gasteiger partial charge on any atom is -0.481 e. The minimum atomic E-state index is -0.619. The van der Waals surface area contributed by atoms with Crippen molar-refractivity contribution >= 4 is 5.97 Å². The fourth-order valence-corrected chi connectivity index (χ4v) is 2.63. The summed E-state index contributed by atoms with van der Waals surface area (Å²) >= 11 is 0. The quantitative estimate of drug-likeness (QED) is 0.439. The van der Waals surface area contributed by atoms with Gasteiger partial charge in [0.05, 0.1) is 5.92 Å². The Morgan fingerprint density at radius 1 is 0.895 bits per heavy atom. The van der Waals surface area contributed by atoms with E-state index in [0.29, 0.717) is 0 Å². The molecule has 0 bridgehead atoms. The fraction of sp³-hybridized carbons (Fsp3) is 0.941. The first kappa shape index (κ1) is 18.5. The lowest BCUT2D eigenvalue weighted by atomic mass is 9.94. The van der Waals surface area contributed by atoms with E-state index in [4.69, 9.17) is 5.11 Å². The number of hydrogen-bond donors (Lipinski definition) is 1. The summed E-state index contributed by atoms with van der Waals surface area (Å²) in [5, 5.41) is 8.96. The van der Waals surface area contributed by atoms with Gasteiger partial charge in [0.1, 0.15) is 0 Å². The molecule has 0 fully saturated rings. The Morgan fingerprint density at radius 2 is 1.42 bits per heavy atom. The molecule has 2 unspecified atom stereocenters. The summed E-state index contributed by atoms with van der Waals surface area (Å²) in [6.07, 6.45) is 13.3. The highest BCUT2D eigenvalue weighted by atomic mass is 16.4. The van der Waals surface area contributed by atoms with Crippen molar-refractivity contribution in [1.29, 1.82) is 0 Å². The number of carboxylic acids is 1. The lowest BCUT2D eigenvalue weighted by Gasteiger charge is -2.12. The van der Waals surface area contributed by atoms with E-state index in [1.807, 2.05) is 6.92 Å². The van der Waals surface area contributed by atoms with Gasteiger partial charge in [-0.2, -0.15) is 0 Å². The van der Waals surface area contributed by atoms with Crippen LogP contribution >= 0.6 is 0 Å². The van der Waals surface area contributed by atoms with Gasteiger partial charge < -0.3 is 5.11 Å². The topological polar surface area (TPSA) is 37.3 Å². The Labute approximate surface area is 120 Å². The van der Waals surface area contributed by atoms with Gasteiger partial charge in [0.25, 0.3) is 0 Å². The Balaban J connectivity index is 3.40. The van der Waals surface area contributed by atoms with Crippen LogP contribution in [0.4, 0.5) is 0 Å². The summed E-state index contributed by atoms with van der Waals surface area (Å²) in [5.74, 6) is 0.108. The number of rotatable bonds is 13. The molecule has 2 nitrogen and oxygen atoms in total. The van der Waals surface area contributed by atoms with Crippen molar-refractivity contribution in [3.8, 4) is 0 Å². The molecule has 2 atom stereocenters. The van der Waals surface area contributed by atoms with E-state index in [0.717, 1.165) is 25.2 Å². The van der Waals surface area contributed by atoms with Gasteiger partial charge in [-0.05, 0) is 18.8 Å². The minimum absolute atomic E-state index is 0.119. The van der Waals surface area contributed by atoms with Crippen LogP contribution in [0.1, 0.15) is 91.4 Å². The molecule has 0 aliphatic heterocycles. The van der Waals surface area contributed by atoms with Crippen LogP contribution in [0.5, 0.6) is 0 Å². The van der Waals surface area contributed by atoms with E-state index in [1.165, 1.54) is 51.4 Å². The molecular formula is C17H34O2. The van der Waals surface area contributed by atoms with E-state index >= 15 is 0 Å². The summed E-state index contributed by atoms with van der Waals surface area (Å²) in [6, 6.07) is 0. The molecule has 0 heterocycles. The highest BCUT2D eigenvalue weighted by Gasteiger charge is 2.13. The molecule has 0 aromatic carbocycles. The standard InChI is InChI=1S/C17H34O2/c1-4-6-7-9-12-15(3)13-10-8-11-14-16(5-2)17(18)19/h15-16H,4-14H2,1-3H3,(H,18,19). The number of carboxylic acid groups (broad SMARTS) is 1. The maximum Gasteiger partial charge on any atom is 0.306 e. The van der Waals surface area contributed by atoms with Crippen molar-refractivity contribution in [3.05, 3.63) is 0 Å². The van der Waals surface area contributed by atoms with Crippen molar-refractivity contribution in [2.75, 3.05) is 0 Å². The zero-order chi connectivity index (χ0) is 14.5. The highest BCUT2D eigenvalue weighted by Crippen LogP contribution is 2.19. The van der Waals surface area contributed by atoms with Gasteiger partial charge in [0, 0.05) is 0 Å². The van der Waals surface area contributed by atoms with Gasteiger partial charge >= 0.3 is 5.97 Å². The van der Waals surface area contributed by atoms with Crippen molar-refractivity contribution in [1.82, 2.24) is 0 Å². The predicted octanol–water partition coefficient (Wildman–Crippen LogP) is 5.65. The molecule has 0 saturated heterocycles. The van der Waals surface area contributed by atoms with E-state index in [9.17, 15) is 4.79 Å². The van der Waals surface area contributed by atoms with Crippen LogP contribution in [0, 0.1) is 11.8 Å². The second-order valence-electron chi connectivity index (χ2n) is 6.04. The Kier molecular flexibility index (Phi) is 12.2. The highest BCUT2D eigenvalue weighted by molar-refractivity contribution is 5.69. The largest absolute Gasteiger partial charge is 0.481 e. The molecule has 0 spiro atoms. The summed E-state index contributed by atoms with van der Waals surface area (Å²) in [6.45, 7) is 6.58. The first-order valence-electron chi connectivity index (χ1n) is 8.34. The molecule has 0 aliphatic rings. The molecular weight excluding hydrogens is 236 g/mol. The second kappa shape index (κ2) is 12.5. The number of carbonyl (C=O) groups is 1. The molecule has 0 aliphatic carbocycles. The van der Waals surface area contributed by atoms with E-state index < -0.39 is 5.97 Å². The van der Waals surface area contributed by atoms with Crippen molar-refractivity contribution in [3.63, 3.8) is 0 Å². The first-order chi connectivity index (χ1) is 9.11. The molecule has 0 amide bonds. The van der Waals surface area contributed by atoms with Crippen LogP contribution in [0.15, 0.2) is 0 Å². The molecule has 0 rings (SSSR count). The zero-order valence-electron chi connectivity index (χ0n) is 13.3. The van der Waals surface area contributed by atoms with Crippen LogP contribution in [-0.4, -0.2) is 11.1 Å². The van der Waals surface area contributed by atoms with Crippen LogP contribution in [0.3, 0.4) is 0 Å². The average Bonchev–Trinajstić information content (AvgIpc) is 2.38. The normalized spacial score (nSPS) is 14.3. The smallest absolute Gasteiger partial charge is 0.306 e. The van der Waals surface area contributed by atoms with Gasteiger partial charge in [-0.15, -0.1) is 0 Å². The third-order valence-electron chi connectivity index (χ3n) is 4.14. The summed E-state index contributed by atoms with van der Waals surface area (Å²) < 4.78 is 0. The number of unbranched alkanes of at least 4 members (excludes halogenated alkanes) is 5. The van der Waals surface area contributed by atoms with Gasteiger partial charge in [0.15, 0.2) is 0 Å². The van der Waals surface area contributed by atoms with E-state index in [2.05, 4.69) is 13.8 Å². The molecule has 19 heavy (non-hydrogen) atoms. The number of hydrogen-bond acceptors (Lipinski definition) is 1. The van der Waals surface area contributed by atoms with Crippen molar-refractivity contribution in [2.45, 2.75) is 91.4 Å². The SMILES string of the molecule is CCCCCCC(C)CCCCCC(CC)C(=O)O.